The lowest BCUT2D eigenvalue weighted by Gasteiger charge is -2.19. The number of benzene rings is 2. The van der Waals surface area contributed by atoms with Crippen LogP contribution >= 0.6 is 7.60 Å². The lowest BCUT2D eigenvalue weighted by Crippen LogP contribution is -2.11. The van der Waals surface area contributed by atoms with E-state index in [-0.39, 0.29) is 17.3 Å². The van der Waals surface area contributed by atoms with Gasteiger partial charge < -0.3 is 9.05 Å². The van der Waals surface area contributed by atoms with Crippen molar-refractivity contribution < 1.29 is 23.2 Å². The zero-order valence-corrected chi connectivity index (χ0v) is 14.3. The SMILES string of the molecule is CCCCP(=O)(OC(=O)c1ccccc1C=O)Oc1ccccc1. The van der Waals surface area contributed by atoms with E-state index in [2.05, 4.69) is 0 Å². The molecule has 1 unspecified atom stereocenters. The van der Waals surface area contributed by atoms with E-state index in [0.717, 1.165) is 6.42 Å². The molecule has 0 aliphatic heterocycles. The minimum atomic E-state index is -3.68. The molecule has 0 aliphatic carbocycles. The predicted molar refractivity (Wildman–Crippen MR) is 91.7 cm³/mol. The highest BCUT2D eigenvalue weighted by Gasteiger charge is 2.31. The Morgan fingerprint density at radius 3 is 2.42 bits per heavy atom. The van der Waals surface area contributed by atoms with Gasteiger partial charge in [0.1, 0.15) is 5.75 Å². The van der Waals surface area contributed by atoms with E-state index >= 15 is 0 Å². The van der Waals surface area contributed by atoms with E-state index in [0.29, 0.717) is 18.5 Å². The van der Waals surface area contributed by atoms with Crippen molar-refractivity contribution in [1.82, 2.24) is 0 Å². The molecule has 2 rings (SSSR count). The van der Waals surface area contributed by atoms with Gasteiger partial charge in [0.05, 0.1) is 11.7 Å². The summed E-state index contributed by atoms with van der Waals surface area (Å²) in [5.41, 5.74) is 0.255. The van der Waals surface area contributed by atoms with Gasteiger partial charge in [0, 0.05) is 5.56 Å². The maximum absolute atomic E-state index is 13.0. The van der Waals surface area contributed by atoms with E-state index in [1.54, 1.807) is 42.5 Å². The molecule has 24 heavy (non-hydrogen) atoms. The quantitative estimate of drug-likeness (QED) is 0.510. The molecule has 0 bridgehead atoms. The van der Waals surface area contributed by atoms with E-state index < -0.39 is 13.6 Å². The average molecular weight is 346 g/mol. The number of carbonyl (C=O) groups is 2. The van der Waals surface area contributed by atoms with Crippen molar-refractivity contribution in [2.75, 3.05) is 6.16 Å². The first kappa shape index (κ1) is 18.0. The van der Waals surface area contributed by atoms with Gasteiger partial charge in [0.15, 0.2) is 6.29 Å². The summed E-state index contributed by atoms with van der Waals surface area (Å²) in [6.45, 7) is 1.94. The molecule has 0 amide bonds. The Morgan fingerprint density at radius 2 is 1.75 bits per heavy atom. The molecule has 0 radical (unpaired) electrons. The van der Waals surface area contributed by atoms with Crippen LogP contribution in [0.15, 0.2) is 54.6 Å². The van der Waals surface area contributed by atoms with Crippen molar-refractivity contribution in [3.63, 3.8) is 0 Å². The van der Waals surface area contributed by atoms with Crippen LogP contribution in [0.1, 0.15) is 40.5 Å². The Hall–Kier alpha value is -2.39. The summed E-state index contributed by atoms with van der Waals surface area (Å²) < 4.78 is 23.7. The Labute approximate surface area is 141 Å². The Morgan fingerprint density at radius 1 is 1.08 bits per heavy atom. The van der Waals surface area contributed by atoms with Gasteiger partial charge in [0.2, 0.25) is 0 Å². The molecule has 0 N–H and O–H groups in total. The molecule has 0 fully saturated rings. The number of para-hydroxylation sites is 1. The average Bonchev–Trinajstić information content (AvgIpc) is 2.60. The fourth-order valence-corrected chi connectivity index (χ4v) is 3.78. The molecular formula is C18H19O5P. The molecule has 0 saturated heterocycles. The van der Waals surface area contributed by atoms with Gasteiger partial charge in [-0.15, -0.1) is 0 Å². The summed E-state index contributed by atoms with van der Waals surface area (Å²) in [6, 6.07) is 14.8. The monoisotopic (exact) mass is 346 g/mol. The molecule has 0 aliphatic rings. The molecule has 6 heteroatoms. The van der Waals surface area contributed by atoms with E-state index in [4.69, 9.17) is 9.05 Å². The second kappa shape index (κ2) is 8.46. The molecule has 5 nitrogen and oxygen atoms in total. The second-order valence-electron chi connectivity index (χ2n) is 5.18. The fraction of sp³-hybridized carbons (Fsp3) is 0.222. The summed E-state index contributed by atoms with van der Waals surface area (Å²) in [5, 5.41) is 0. The Kier molecular flexibility index (Phi) is 6.33. The third-order valence-electron chi connectivity index (χ3n) is 3.30. The Bertz CT molecular complexity index is 742. The summed E-state index contributed by atoms with van der Waals surface area (Å²) in [5.74, 6) is -0.457. The first-order valence-electron chi connectivity index (χ1n) is 7.70. The van der Waals surface area contributed by atoms with Gasteiger partial charge in [0.25, 0.3) is 0 Å². The normalized spacial score (nSPS) is 12.9. The lowest BCUT2D eigenvalue weighted by molar-refractivity contribution is 0.0717. The van der Waals surface area contributed by atoms with Crippen LogP contribution in [0, 0.1) is 0 Å². The minimum Gasteiger partial charge on any atom is -0.416 e. The number of unbranched alkanes of at least 4 members (excludes halogenated alkanes) is 1. The van der Waals surface area contributed by atoms with Crippen molar-refractivity contribution in [3.05, 3.63) is 65.7 Å². The van der Waals surface area contributed by atoms with Crippen LogP contribution in [0.4, 0.5) is 0 Å². The van der Waals surface area contributed by atoms with Gasteiger partial charge in [-0.1, -0.05) is 49.7 Å². The largest absolute Gasteiger partial charge is 0.433 e. The summed E-state index contributed by atoms with van der Waals surface area (Å²) in [4.78, 5) is 23.4. The maximum Gasteiger partial charge on any atom is 0.433 e. The van der Waals surface area contributed by atoms with Crippen LogP contribution in [0.5, 0.6) is 5.75 Å². The summed E-state index contributed by atoms with van der Waals surface area (Å²) in [7, 11) is -3.68. The van der Waals surface area contributed by atoms with Crippen molar-refractivity contribution in [1.29, 1.82) is 0 Å². The van der Waals surface area contributed by atoms with Crippen LogP contribution in [0.3, 0.4) is 0 Å². The van der Waals surface area contributed by atoms with Crippen molar-refractivity contribution in [2.45, 2.75) is 19.8 Å². The zero-order chi connectivity index (χ0) is 17.4. The van der Waals surface area contributed by atoms with E-state index in [1.165, 1.54) is 12.1 Å². The van der Waals surface area contributed by atoms with Crippen LogP contribution in [-0.2, 0) is 9.09 Å². The highest BCUT2D eigenvalue weighted by Crippen LogP contribution is 2.49. The van der Waals surface area contributed by atoms with Crippen LogP contribution in [0.2, 0.25) is 0 Å². The third kappa shape index (κ3) is 4.80. The first-order chi connectivity index (χ1) is 11.6. The van der Waals surface area contributed by atoms with Gasteiger partial charge in [-0.3, -0.25) is 4.79 Å². The molecule has 0 heterocycles. The number of carbonyl (C=O) groups excluding carboxylic acids is 2. The second-order valence-corrected chi connectivity index (χ2v) is 7.21. The van der Waals surface area contributed by atoms with Crippen molar-refractivity contribution in [2.24, 2.45) is 0 Å². The standard InChI is InChI=1S/C18H19O5P/c1-2-3-13-24(21,22-16-10-5-4-6-11-16)23-18(20)17-12-8-7-9-15(17)14-19/h4-12,14H,2-3,13H2,1H3. The molecule has 0 spiro atoms. The van der Waals surface area contributed by atoms with Crippen LogP contribution in [-0.4, -0.2) is 18.4 Å². The van der Waals surface area contributed by atoms with Gasteiger partial charge in [-0.2, -0.15) is 0 Å². The molecule has 0 aromatic heterocycles. The molecule has 126 valence electrons. The number of aldehydes is 1. The molecular weight excluding hydrogens is 327 g/mol. The van der Waals surface area contributed by atoms with Crippen molar-refractivity contribution >= 4 is 19.9 Å². The topological polar surface area (TPSA) is 69.7 Å². The Balaban J connectivity index is 2.23. The molecule has 2 aromatic carbocycles. The van der Waals surface area contributed by atoms with Crippen LogP contribution in [0.25, 0.3) is 0 Å². The van der Waals surface area contributed by atoms with E-state index in [9.17, 15) is 14.2 Å². The molecule has 2 aromatic rings. The highest BCUT2D eigenvalue weighted by molar-refractivity contribution is 7.54. The van der Waals surface area contributed by atoms with Crippen LogP contribution < -0.4 is 4.52 Å². The minimum absolute atomic E-state index is 0.0703. The van der Waals surface area contributed by atoms with Crippen molar-refractivity contribution in [3.8, 4) is 5.75 Å². The third-order valence-corrected chi connectivity index (χ3v) is 5.10. The highest BCUT2D eigenvalue weighted by atomic mass is 31.2. The smallest absolute Gasteiger partial charge is 0.416 e. The lowest BCUT2D eigenvalue weighted by atomic mass is 10.1. The number of hydrogen-bond acceptors (Lipinski definition) is 5. The number of rotatable bonds is 8. The maximum atomic E-state index is 13.0. The first-order valence-corrected chi connectivity index (χ1v) is 9.42. The van der Waals surface area contributed by atoms with Gasteiger partial charge in [-0.05, 0) is 24.6 Å². The summed E-state index contributed by atoms with van der Waals surface area (Å²) >= 11 is 0. The predicted octanol–water partition coefficient (Wildman–Crippen LogP) is 4.73. The number of hydrogen-bond donors (Lipinski definition) is 0. The summed E-state index contributed by atoms with van der Waals surface area (Å²) in [6.07, 6.45) is 2.05. The molecule has 1 atom stereocenters. The van der Waals surface area contributed by atoms with Gasteiger partial charge in [-0.25, -0.2) is 9.36 Å². The molecule has 0 saturated carbocycles. The fourth-order valence-electron chi connectivity index (χ4n) is 2.06. The zero-order valence-electron chi connectivity index (χ0n) is 13.4. The van der Waals surface area contributed by atoms with E-state index in [1.807, 2.05) is 6.92 Å². The van der Waals surface area contributed by atoms with Gasteiger partial charge >= 0.3 is 13.6 Å².